The van der Waals surface area contributed by atoms with E-state index in [2.05, 4.69) is 30.1 Å². The molecule has 0 radical (unpaired) electrons. The van der Waals surface area contributed by atoms with Crippen molar-refractivity contribution < 1.29 is 9.53 Å². The van der Waals surface area contributed by atoms with Crippen LogP contribution in [0.1, 0.15) is 50.3 Å². The van der Waals surface area contributed by atoms with Gasteiger partial charge in [0.15, 0.2) is 0 Å². The zero-order valence-corrected chi connectivity index (χ0v) is 19.0. The number of fused-ring (bicyclic) bond motifs is 1. The van der Waals surface area contributed by atoms with E-state index in [1.165, 1.54) is 0 Å². The monoisotopic (exact) mass is 446 g/mol. The Labute approximate surface area is 188 Å². The lowest BCUT2D eigenvalue weighted by Crippen LogP contribution is -2.45. The topological polar surface area (TPSA) is 41.6 Å². The van der Waals surface area contributed by atoms with Crippen molar-refractivity contribution >= 4 is 29.1 Å². The molecule has 2 aliphatic heterocycles. The molecule has 0 spiro atoms. The average molecular weight is 447 g/mol. The fraction of sp³-hybridized carbons (Fsp3) is 0.458. The first kappa shape index (κ1) is 21.5. The van der Waals surface area contributed by atoms with Crippen molar-refractivity contribution in [3.63, 3.8) is 0 Å². The van der Waals surface area contributed by atoms with E-state index in [0.29, 0.717) is 10.0 Å². The summed E-state index contributed by atoms with van der Waals surface area (Å²) in [5.74, 6) is 1.07. The minimum Gasteiger partial charge on any atom is -0.487 e. The molecule has 2 aliphatic rings. The average Bonchev–Trinajstić information content (AvgIpc) is 2.70. The quantitative estimate of drug-likeness (QED) is 0.661. The summed E-state index contributed by atoms with van der Waals surface area (Å²) in [6.45, 7) is 6.77. The molecule has 0 unspecified atom stereocenters. The fourth-order valence-corrected chi connectivity index (χ4v) is 4.79. The van der Waals surface area contributed by atoms with Crippen molar-refractivity contribution in [3.8, 4) is 5.75 Å². The molecule has 0 saturated carbocycles. The van der Waals surface area contributed by atoms with E-state index >= 15 is 0 Å². The molecule has 0 aliphatic carbocycles. The molecule has 0 aromatic heterocycles. The summed E-state index contributed by atoms with van der Waals surface area (Å²) >= 11 is 12.1. The number of hydrogen-bond acceptors (Lipinski definition) is 3. The van der Waals surface area contributed by atoms with Crippen molar-refractivity contribution in [1.29, 1.82) is 0 Å². The molecule has 30 heavy (non-hydrogen) atoms. The summed E-state index contributed by atoms with van der Waals surface area (Å²) in [4.78, 5) is 15.4. The number of hydrogen-bond donors (Lipinski definition) is 1. The molecule has 1 amide bonds. The third kappa shape index (κ3) is 4.93. The maximum atomic E-state index is 13.0. The van der Waals surface area contributed by atoms with Gasteiger partial charge in [-0.25, -0.2) is 0 Å². The van der Waals surface area contributed by atoms with E-state index < -0.39 is 0 Å². The van der Waals surface area contributed by atoms with Gasteiger partial charge in [-0.05, 0) is 63.5 Å². The second-order valence-electron chi connectivity index (χ2n) is 8.96. The van der Waals surface area contributed by atoms with Gasteiger partial charge in [-0.1, -0.05) is 47.5 Å². The Hall–Kier alpha value is -1.75. The van der Waals surface area contributed by atoms with Crippen LogP contribution in [-0.4, -0.2) is 29.5 Å². The van der Waals surface area contributed by atoms with Crippen LogP contribution in [0.15, 0.2) is 42.5 Å². The summed E-state index contributed by atoms with van der Waals surface area (Å²) in [5.41, 5.74) is 1.92. The molecular formula is C24H28Cl2N2O2. The number of nitrogens with zero attached hydrogens (tertiary/aromatic N) is 1. The molecule has 4 nitrogen and oxygen atoms in total. The van der Waals surface area contributed by atoms with Gasteiger partial charge >= 0.3 is 0 Å². The molecule has 1 fully saturated rings. The Bertz CT molecular complexity index is 923. The van der Waals surface area contributed by atoms with Crippen LogP contribution in [0.4, 0.5) is 0 Å². The van der Waals surface area contributed by atoms with Crippen molar-refractivity contribution in [3.05, 3.63) is 63.6 Å². The van der Waals surface area contributed by atoms with Crippen LogP contribution >= 0.6 is 23.2 Å². The maximum Gasteiger partial charge on any atom is 0.223 e. The fourth-order valence-electron chi connectivity index (χ4n) is 4.47. The minimum absolute atomic E-state index is 0.00770. The Morgan fingerprint density at radius 2 is 1.87 bits per heavy atom. The molecule has 0 bridgehead atoms. The van der Waals surface area contributed by atoms with Crippen LogP contribution in [-0.2, 0) is 11.3 Å². The molecule has 2 heterocycles. The van der Waals surface area contributed by atoms with E-state index in [1.54, 1.807) is 0 Å². The predicted octanol–water partition coefficient (Wildman–Crippen LogP) is 5.62. The van der Waals surface area contributed by atoms with Crippen molar-refractivity contribution in [2.45, 2.75) is 51.3 Å². The third-order valence-corrected chi connectivity index (χ3v) is 6.78. The van der Waals surface area contributed by atoms with Gasteiger partial charge < -0.3 is 10.1 Å². The standard InChI is InChI=1S/C24H28Cl2N2O2/c1-24(2)14-21(18-5-3-4-6-22(18)30-24)27-23(29)17-9-11-28(12-10-17)15-16-7-8-19(25)20(26)13-16/h3-8,13,17,21H,9-12,14-15H2,1-2H3,(H,27,29)/t21-/m1/s1. The lowest BCUT2D eigenvalue weighted by molar-refractivity contribution is -0.127. The van der Waals surface area contributed by atoms with E-state index in [0.717, 1.165) is 55.8 Å². The highest BCUT2D eigenvalue weighted by atomic mass is 35.5. The number of likely N-dealkylation sites (tertiary alicyclic amines) is 1. The predicted molar refractivity (Wildman–Crippen MR) is 121 cm³/mol. The number of para-hydroxylation sites is 1. The number of halogens is 2. The smallest absolute Gasteiger partial charge is 0.223 e. The van der Waals surface area contributed by atoms with Gasteiger partial charge in [0, 0.05) is 24.4 Å². The first-order chi connectivity index (χ1) is 14.3. The van der Waals surface area contributed by atoms with Crippen LogP contribution in [0.5, 0.6) is 5.75 Å². The highest BCUT2D eigenvalue weighted by Gasteiger charge is 2.35. The third-order valence-electron chi connectivity index (χ3n) is 6.04. The first-order valence-corrected chi connectivity index (χ1v) is 11.3. The van der Waals surface area contributed by atoms with Crippen LogP contribution in [0.2, 0.25) is 10.0 Å². The lowest BCUT2D eigenvalue weighted by Gasteiger charge is -2.39. The highest BCUT2D eigenvalue weighted by Crippen LogP contribution is 2.39. The van der Waals surface area contributed by atoms with E-state index in [-0.39, 0.29) is 23.5 Å². The van der Waals surface area contributed by atoms with Gasteiger partial charge in [0.1, 0.15) is 11.4 Å². The second-order valence-corrected chi connectivity index (χ2v) is 9.78. The van der Waals surface area contributed by atoms with E-state index in [9.17, 15) is 4.79 Å². The summed E-state index contributed by atoms with van der Waals surface area (Å²) in [6, 6.07) is 13.8. The summed E-state index contributed by atoms with van der Waals surface area (Å²) < 4.78 is 6.09. The Morgan fingerprint density at radius 3 is 2.60 bits per heavy atom. The first-order valence-electron chi connectivity index (χ1n) is 10.6. The Balaban J connectivity index is 1.34. The van der Waals surface area contributed by atoms with Crippen LogP contribution in [0.25, 0.3) is 0 Å². The van der Waals surface area contributed by atoms with Crippen molar-refractivity contribution in [2.75, 3.05) is 13.1 Å². The van der Waals surface area contributed by atoms with Crippen LogP contribution < -0.4 is 10.1 Å². The Morgan fingerprint density at radius 1 is 1.13 bits per heavy atom. The molecule has 2 aromatic rings. The van der Waals surface area contributed by atoms with Gasteiger partial charge in [0.05, 0.1) is 16.1 Å². The van der Waals surface area contributed by atoms with E-state index in [4.69, 9.17) is 27.9 Å². The summed E-state index contributed by atoms with van der Waals surface area (Å²) in [7, 11) is 0. The zero-order chi connectivity index (χ0) is 21.3. The molecule has 6 heteroatoms. The van der Waals surface area contributed by atoms with Gasteiger partial charge in [-0.3, -0.25) is 9.69 Å². The van der Waals surface area contributed by atoms with Gasteiger partial charge in [0.25, 0.3) is 0 Å². The maximum absolute atomic E-state index is 13.0. The number of carbonyl (C=O) groups is 1. The summed E-state index contributed by atoms with van der Waals surface area (Å²) in [5, 5.41) is 4.47. The highest BCUT2D eigenvalue weighted by molar-refractivity contribution is 6.42. The second kappa shape index (κ2) is 8.78. The summed E-state index contributed by atoms with van der Waals surface area (Å²) in [6.07, 6.45) is 2.49. The number of nitrogens with one attached hydrogen (secondary N) is 1. The van der Waals surface area contributed by atoms with Crippen LogP contribution in [0, 0.1) is 5.92 Å². The molecule has 160 valence electrons. The number of rotatable bonds is 4. The number of benzene rings is 2. The van der Waals surface area contributed by atoms with Crippen molar-refractivity contribution in [1.82, 2.24) is 10.2 Å². The number of piperidine rings is 1. The Kier molecular flexibility index (Phi) is 6.29. The number of ether oxygens (including phenoxy) is 1. The number of carbonyl (C=O) groups excluding carboxylic acids is 1. The SMILES string of the molecule is CC1(C)C[C@@H](NC(=O)C2CCN(Cc3ccc(Cl)c(Cl)c3)CC2)c2ccccc2O1. The molecule has 1 atom stereocenters. The van der Waals surface area contributed by atoms with Crippen LogP contribution in [0.3, 0.4) is 0 Å². The molecule has 2 aromatic carbocycles. The molecule has 4 rings (SSSR count). The number of amides is 1. The van der Waals surface area contributed by atoms with Gasteiger partial charge in [-0.15, -0.1) is 0 Å². The zero-order valence-electron chi connectivity index (χ0n) is 17.5. The molecule has 1 N–H and O–H groups in total. The van der Waals surface area contributed by atoms with Gasteiger partial charge in [-0.2, -0.15) is 0 Å². The largest absolute Gasteiger partial charge is 0.487 e. The lowest BCUT2D eigenvalue weighted by atomic mass is 9.88. The van der Waals surface area contributed by atoms with Crippen molar-refractivity contribution in [2.24, 2.45) is 5.92 Å². The van der Waals surface area contributed by atoms with Gasteiger partial charge in [0.2, 0.25) is 5.91 Å². The molecular weight excluding hydrogens is 419 g/mol. The molecule has 1 saturated heterocycles. The normalized spacial score (nSPS) is 21.5. The minimum atomic E-state index is -0.296. The van der Waals surface area contributed by atoms with E-state index in [1.807, 2.05) is 36.4 Å².